The van der Waals surface area contributed by atoms with Gasteiger partial charge in [0.25, 0.3) is 0 Å². The number of unbranched alkanes of at least 4 members (excludes halogenated alkanes) is 1. The van der Waals surface area contributed by atoms with Crippen LogP contribution in [0.3, 0.4) is 0 Å². The van der Waals surface area contributed by atoms with E-state index in [1.165, 1.54) is 38.5 Å². The van der Waals surface area contributed by atoms with Crippen molar-refractivity contribution in [2.45, 2.75) is 51.9 Å². The molecule has 0 aromatic heterocycles. The molecule has 1 aliphatic carbocycles. The van der Waals surface area contributed by atoms with Crippen LogP contribution in [0.4, 0.5) is 0 Å². The van der Waals surface area contributed by atoms with E-state index in [1.807, 2.05) is 0 Å². The Morgan fingerprint density at radius 3 is 2.67 bits per heavy atom. The smallest absolute Gasteiger partial charge is 0.331 e. The van der Waals surface area contributed by atoms with Gasteiger partial charge in [0, 0.05) is 5.57 Å². The highest BCUT2D eigenvalue weighted by Crippen LogP contribution is 2.37. The third-order valence-electron chi connectivity index (χ3n) is 3.56. The van der Waals surface area contributed by atoms with E-state index in [0.717, 1.165) is 6.42 Å². The zero-order chi connectivity index (χ0) is 11.3. The van der Waals surface area contributed by atoms with Crippen LogP contribution >= 0.6 is 0 Å². The summed E-state index contributed by atoms with van der Waals surface area (Å²) in [6.45, 7) is 5.92. The minimum atomic E-state index is -0.802. The fourth-order valence-electron chi connectivity index (χ4n) is 2.64. The van der Waals surface area contributed by atoms with Gasteiger partial charge >= 0.3 is 5.97 Å². The first-order valence-electron chi connectivity index (χ1n) is 6.09. The van der Waals surface area contributed by atoms with E-state index >= 15 is 0 Å². The summed E-state index contributed by atoms with van der Waals surface area (Å²) in [5.41, 5.74) is 0.441. The molecule has 2 atom stereocenters. The summed E-state index contributed by atoms with van der Waals surface area (Å²) in [6.07, 6.45) is 8.23. The molecule has 1 saturated carbocycles. The topological polar surface area (TPSA) is 37.3 Å². The van der Waals surface area contributed by atoms with Crippen molar-refractivity contribution < 1.29 is 9.90 Å². The minimum absolute atomic E-state index is 0.239. The van der Waals surface area contributed by atoms with Crippen LogP contribution in [0.5, 0.6) is 0 Å². The Balaban J connectivity index is 2.56. The molecular formula is C13H22O2. The van der Waals surface area contributed by atoms with Crippen molar-refractivity contribution in [3.05, 3.63) is 12.2 Å². The summed E-state index contributed by atoms with van der Waals surface area (Å²) in [5.74, 6) is 0.00787. The predicted octanol–water partition coefficient (Wildman–Crippen LogP) is 3.62. The second-order valence-corrected chi connectivity index (χ2v) is 4.62. The maximum atomic E-state index is 10.9. The lowest BCUT2D eigenvalue weighted by molar-refractivity contribution is -0.133. The molecule has 0 spiro atoms. The van der Waals surface area contributed by atoms with Crippen molar-refractivity contribution in [3.63, 3.8) is 0 Å². The SMILES string of the molecule is C=C(C(=O)O)C1CCCCC1CCCC. The van der Waals surface area contributed by atoms with Gasteiger partial charge < -0.3 is 5.11 Å². The average molecular weight is 210 g/mol. The zero-order valence-corrected chi connectivity index (χ0v) is 9.67. The summed E-state index contributed by atoms with van der Waals surface area (Å²) in [5, 5.41) is 8.98. The fourth-order valence-corrected chi connectivity index (χ4v) is 2.64. The van der Waals surface area contributed by atoms with Gasteiger partial charge in [0.05, 0.1) is 0 Å². The van der Waals surface area contributed by atoms with Crippen LogP contribution in [-0.2, 0) is 4.79 Å². The molecule has 15 heavy (non-hydrogen) atoms. The number of hydrogen-bond donors (Lipinski definition) is 1. The van der Waals surface area contributed by atoms with Gasteiger partial charge in [0.15, 0.2) is 0 Å². The number of carboxylic acid groups (broad SMARTS) is 1. The summed E-state index contributed by atoms with van der Waals surface area (Å²) in [7, 11) is 0. The lowest BCUT2D eigenvalue weighted by Gasteiger charge is -2.31. The third-order valence-corrected chi connectivity index (χ3v) is 3.56. The highest BCUT2D eigenvalue weighted by molar-refractivity contribution is 5.86. The lowest BCUT2D eigenvalue weighted by atomic mass is 9.73. The van der Waals surface area contributed by atoms with Crippen molar-refractivity contribution in [2.24, 2.45) is 11.8 Å². The quantitative estimate of drug-likeness (QED) is 0.704. The van der Waals surface area contributed by atoms with Crippen LogP contribution in [0.25, 0.3) is 0 Å². The first kappa shape index (κ1) is 12.3. The van der Waals surface area contributed by atoms with Crippen LogP contribution in [0.15, 0.2) is 12.2 Å². The molecule has 1 rings (SSSR count). The van der Waals surface area contributed by atoms with Gasteiger partial charge in [0.1, 0.15) is 0 Å². The second kappa shape index (κ2) is 5.94. The van der Waals surface area contributed by atoms with Gasteiger partial charge in [-0.25, -0.2) is 4.79 Å². The van der Waals surface area contributed by atoms with Crippen LogP contribution < -0.4 is 0 Å². The zero-order valence-electron chi connectivity index (χ0n) is 9.67. The van der Waals surface area contributed by atoms with E-state index in [1.54, 1.807) is 0 Å². The fraction of sp³-hybridized carbons (Fsp3) is 0.769. The predicted molar refractivity (Wildman–Crippen MR) is 61.7 cm³/mol. The normalized spacial score (nSPS) is 26.2. The first-order chi connectivity index (χ1) is 7.16. The Kier molecular flexibility index (Phi) is 4.86. The molecule has 0 aliphatic heterocycles. The van der Waals surface area contributed by atoms with Crippen LogP contribution in [0.2, 0.25) is 0 Å². The highest BCUT2D eigenvalue weighted by atomic mass is 16.4. The van der Waals surface area contributed by atoms with Crippen LogP contribution in [0.1, 0.15) is 51.9 Å². The van der Waals surface area contributed by atoms with Crippen LogP contribution in [-0.4, -0.2) is 11.1 Å². The summed E-state index contributed by atoms with van der Waals surface area (Å²) >= 11 is 0. The van der Waals surface area contributed by atoms with Crippen LogP contribution in [0, 0.1) is 11.8 Å². The van der Waals surface area contributed by atoms with Gasteiger partial charge in [-0.15, -0.1) is 0 Å². The minimum Gasteiger partial charge on any atom is -0.478 e. The van der Waals surface area contributed by atoms with E-state index in [-0.39, 0.29) is 5.92 Å². The molecule has 0 aromatic carbocycles. The molecule has 1 N–H and O–H groups in total. The van der Waals surface area contributed by atoms with Gasteiger partial charge in [-0.05, 0) is 31.1 Å². The Labute approximate surface area is 92.4 Å². The second-order valence-electron chi connectivity index (χ2n) is 4.62. The lowest BCUT2D eigenvalue weighted by Crippen LogP contribution is -2.24. The van der Waals surface area contributed by atoms with Gasteiger partial charge in [-0.2, -0.15) is 0 Å². The summed E-state index contributed by atoms with van der Waals surface area (Å²) < 4.78 is 0. The molecule has 0 amide bonds. The van der Waals surface area contributed by atoms with Crippen molar-refractivity contribution in [1.29, 1.82) is 0 Å². The molecule has 1 aliphatic rings. The third kappa shape index (κ3) is 3.37. The molecule has 2 heteroatoms. The van der Waals surface area contributed by atoms with Crippen molar-refractivity contribution >= 4 is 5.97 Å². The maximum absolute atomic E-state index is 10.9. The number of aliphatic carboxylic acids is 1. The standard InChI is InChI=1S/C13H22O2/c1-3-4-7-11-8-5-6-9-12(11)10(2)13(14)15/h11-12H,2-9H2,1H3,(H,14,15). The first-order valence-corrected chi connectivity index (χ1v) is 6.09. The molecule has 0 aromatic rings. The van der Waals surface area contributed by atoms with E-state index in [0.29, 0.717) is 11.5 Å². The van der Waals surface area contributed by atoms with Gasteiger partial charge in [-0.1, -0.05) is 39.2 Å². The molecule has 1 fully saturated rings. The average Bonchev–Trinajstić information content (AvgIpc) is 2.25. The molecular weight excluding hydrogens is 188 g/mol. The number of carbonyl (C=O) groups is 1. The van der Waals surface area contributed by atoms with Gasteiger partial charge in [-0.3, -0.25) is 0 Å². The maximum Gasteiger partial charge on any atom is 0.331 e. The number of carboxylic acids is 1. The largest absolute Gasteiger partial charge is 0.478 e. The monoisotopic (exact) mass is 210 g/mol. The van der Waals surface area contributed by atoms with E-state index in [2.05, 4.69) is 13.5 Å². The Morgan fingerprint density at radius 1 is 1.40 bits per heavy atom. The van der Waals surface area contributed by atoms with Crippen molar-refractivity contribution in [3.8, 4) is 0 Å². The summed E-state index contributed by atoms with van der Waals surface area (Å²) in [4.78, 5) is 10.9. The van der Waals surface area contributed by atoms with Crippen molar-refractivity contribution in [1.82, 2.24) is 0 Å². The molecule has 0 radical (unpaired) electrons. The van der Waals surface area contributed by atoms with Gasteiger partial charge in [0.2, 0.25) is 0 Å². The van der Waals surface area contributed by atoms with E-state index < -0.39 is 5.97 Å². The van der Waals surface area contributed by atoms with E-state index in [4.69, 9.17) is 5.11 Å². The number of hydrogen-bond acceptors (Lipinski definition) is 1. The summed E-state index contributed by atoms with van der Waals surface area (Å²) in [6, 6.07) is 0. The molecule has 0 saturated heterocycles. The molecule has 0 bridgehead atoms. The Hall–Kier alpha value is -0.790. The molecule has 2 unspecified atom stereocenters. The molecule has 2 nitrogen and oxygen atoms in total. The molecule has 86 valence electrons. The Morgan fingerprint density at radius 2 is 2.07 bits per heavy atom. The molecule has 0 heterocycles. The van der Waals surface area contributed by atoms with E-state index in [9.17, 15) is 4.79 Å². The Bertz CT molecular complexity index is 233. The van der Waals surface area contributed by atoms with Crippen molar-refractivity contribution in [2.75, 3.05) is 0 Å². The number of rotatable bonds is 5. The highest BCUT2D eigenvalue weighted by Gasteiger charge is 2.29.